The Morgan fingerprint density at radius 3 is 3.13 bits per heavy atom. The van der Waals surface area contributed by atoms with Gasteiger partial charge in [0.15, 0.2) is 5.13 Å². The lowest BCUT2D eigenvalue weighted by Crippen LogP contribution is -2.30. The zero-order valence-corrected chi connectivity index (χ0v) is 14.3. The molecular formula is C16H21N5OS. The van der Waals surface area contributed by atoms with Crippen LogP contribution in [-0.4, -0.2) is 39.4 Å². The van der Waals surface area contributed by atoms with Crippen molar-refractivity contribution in [2.45, 2.75) is 32.7 Å². The molecule has 1 N–H and O–H groups in total. The van der Waals surface area contributed by atoms with Gasteiger partial charge in [0.05, 0.1) is 17.9 Å². The van der Waals surface area contributed by atoms with Crippen molar-refractivity contribution in [2.24, 2.45) is 5.92 Å². The molecule has 6 nitrogen and oxygen atoms in total. The smallest absolute Gasteiger partial charge is 0.240 e. The van der Waals surface area contributed by atoms with E-state index >= 15 is 0 Å². The van der Waals surface area contributed by atoms with Crippen LogP contribution in [0.5, 0.6) is 0 Å². The second-order valence-corrected chi connectivity index (χ2v) is 7.24. The summed E-state index contributed by atoms with van der Waals surface area (Å²) in [6, 6.07) is 0. The third-order valence-corrected chi connectivity index (χ3v) is 4.93. The highest BCUT2D eigenvalue weighted by molar-refractivity contribution is 7.15. The van der Waals surface area contributed by atoms with Crippen LogP contribution >= 0.6 is 11.3 Å². The molecule has 3 rings (SSSR count). The van der Waals surface area contributed by atoms with Gasteiger partial charge in [-0.05, 0) is 32.2 Å². The molecule has 1 amide bonds. The Kier molecular flexibility index (Phi) is 4.97. The van der Waals surface area contributed by atoms with Gasteiger partial charge in [-0.3, -0.25) is 19.7 Å². The largest absolute Gasteiger partial charge is 0.301 e. The minimum absolute atomic E-state index is 0.0458. The topological polar surface area (TPSA) is 71.0 Å². The molecule has 0 saturated heterocycles. The van der Waals surface area contributed by atoms with E-state index in [0.29, 0.717) is 19.0 Å². The van der Waals surface area contributed by atoms with Crippen molar-refractivity contribution in [3.8, 4) is 0 Å². The number of thiazole rings is 1. The molecule has 23 heavy (non-hydrogen) atoms. The number of anilines is 1. The maximum Gasteiger partial charge on any atom is 0.240 e. The van der Waals surface area contributed by atoms with Gasteiger partial charge in [0.2, 0.25) is 5.91 Å². The average molecular weight is 331 g/mol. The molecule has 7 heteroatoms. The molecule has 2 heterocycles. The second kappa shape index (κ2) is 7.14. The van der Waals surface area contributed by atoms with Crippen LogP contribution in [0, 0.1) is 5.92 Å². The van der Waals surface area contributed by atoms with Crippen LogP contribution in [0.3, 0.4) is 0 Å². The standard InChI is InChI=1S/C16H21N5OS/c1-11-3-4-13-14(7-11)23-16(19-13)20-15(22)10-21(2)9-12-8-17-5-6-18-12/h5-6,8,11H,3-4,7,9-10H2,1-2H3,(H,19,20,22). The molecule has 0 saturated carbocycles. The maximum absolute atomic E-state index is 12.2. The summed E-state index contributed by atoms with van der Waals surface area (Å²) in [6.45, 7) is 3.16. The zero-order valence-electron chi connectivity index (χ0n) is 13.5. The van der Waals surface area contributed by atoms with Crippen molar-refractivity contribution < 1.29 is 4.79 Å². The van der Waals surface area contributed by atoms with Crippen LogP contribution < -0.4 is 5.32 Å². The molecule has 0 spiro atoms. The molecule has 1 unspecified atom stereocenters. The minimum Gasteiger partial charge on any atom is -0.301 e. The predicted molar refractivity (Wildman–Crippen MR) is 90.3 cm³/mol. The quantitative estimate of drug-likeness (QED) is 0.909. The van der Waals surface area contributed by atoms with E-state index in [1.165, 1.54) is 11.3 Å². The predicted octanol–water partition coefficient (Wildman–Crippen LogP) is 2.13. The van der Waals surface area contributed by atoms with Crippen molar-refractivity contribution in [1.82, 2.24) is 19.9 Å². The van der Waals surface area contributed by atoms with E-state index in [2.05, 4.69) is 27.2 Å². The molecule has 2 aromatic rings. The number of carbonyl (C=O) groups is 1. The molecule has 122 valence electrons. The molecule has 2 aromatic heterocycles. The number of aromatic nitrogens is 3. The van der Waals surface area contributed by atoms with Crippen molar-refractivity contribution in [1.29, 1.82) is 0 Å². The summed E-state index contributed by atoms with van der Waals surface area (Å²) in [5.74, 6) is 0.667. The number of nitrogens with one attached hydrogen (secondary N) is 1. The maximum atomic E-state index is 12.2. The molecule has 0 aromatic carbocycles. The van der Waals surface area contributed by atoms with Crippen LogP contribution in [-0.2, 0) is 24.2 Å². The van der Waals surface area contributed by atoms with E-state index in [1.807, 2.05) is 11.9 Å². The lowest BCUT2D eigenvalue weighted by Gasteiger charge is -2.15. The highest BCUT2D eigenvalue weighted by Gasteiger charge is 2.20. The Bertz CT molecular complexity index is 672. The van der Waals surface area contributed by atoms with E-state index in [4.69, 9.17) is 0 Å². The fourth-order valence-electron chi connectivity index (χ4n) is 2.74. The molecule has 0 aliphatic heterocycles. The summed E-state index contributed by atoms with van der Waals surface area (Å²) >= 11 is 1.61. The van der Waals surface area contributed by atoms with Gasteiger partial charge >= 0.3 is 0 Å². The third kappa shape index (κ3) is 4.33. The lowest BCUT2D eigenvalue weighted by atomic mass is 9.93. The molecule has 1 atom stereocenters. The van der Waals surface area contributed by atoms with Gasteiger partial charge in [-0.2, -0.15) is 0 Å². The summed E-state index contributed by atoms with van der Waals surface area (Å²) in [5.41, 5.74) is 2.01. The molecule has 1 aliphatic rings. The summed E-state index contributed by atoms with van der Waals surface area (Å²) in [7, 11) is 1.89. The number of amides is 1. The first-order valence-electron chi connectivity index (χ1n) is 7.82. The summed E-state index contributed by atoms with van der Waals surface area (Å²) in [4.78, 5) is 28.2. The normalized spacial score (nSPS) is 17.1. The van der Waals surface area contributed by atoms with Crippen LogP contribution in [0.1, 0.15) is 29.6 Å². The van der Waals surface area contributed by atoms with E-state index in [0.717, 1.165) is 29.4 Å². The first kappa shape index (κ1) is 16.0. The Balaban J connectivity index is 1.53. The number of nitrogens with zero attached hydrogens (tertiary/aromatic N) is 4. The van der Waals surface area contributed by atoms with Gasteiger partial charge in [-0.1, -0.05) is 6.92 Å². The van der Waals surface area contributed by atoms with E-state index in [9.17, 15) is 4.79 Å². The van der Waals surface area contributed by atoms with Crippen LogP contribution in [0.25, 0.3) is 0 Å². The SMILES string of the molecule is CC1CCc2nc(NC(=O)CN(C)Cc3cnccn3)sc2C1. The van der Waals surface area contributed by atoms with Crippen molar-refractivity contribution >= 4 is 22.4 Å². The fourth-order valence-corrected chi connectivity index (χ4v) is 3.93. The van der Waals surface area contributed by atoms with Crippen LogP contribution in [0.4, 0.5) is 5.13 Å². The monoisotopic (exact) mass is 331 g/mol. The van der Waals surface area contributed by atoms with Crippen LogP contribution in [0.15, 0.2) is 18.6 Å². The number of aryl methyl sites for hydroxylation is 1. The number of hydrogen-bond acceptors (Lipinski definition) is 6. The molecule has 0 radical (unpaired) electrons. The number of rotatable bonds is 5. The second-order valence-electron chi connectivity index (χ2n) is 6.15. The first-order chi connectivity index (χ1) is 11.1. The minimum atomic E-state index is -0.0458. The molecule has 1 aliphatic carbocycles. The van der Waals surface area contributed by atoms with E-state index < -0.39 is 0 Å². The Hall–Kier alpha value is -1.86. The van der Waals surface area contributed by atoms with Gasteiger partial charge in [-0.15, -0.1) is 11.3 Å². The number of fused-ring (bicyclic) bond motifs is 1. The first-order valence-corrected chi connectivity index (χ1v) is 8.63. The molecule has 0 bridgehead atoms. The number of carbonyl (C=O) groups excluding carboxylic acids is 1. The highest BCUT2D eigenvalue weighted by atomic mass is 32.1. The van der Waals surface area contributed by atoms with Crippen molar-refractivity contribution in [3.63, 3.8) is 0 Å². The summed E-state index contributed by atoms with van der Waals surface area (Å²) in [5, 5.41) is 3.65. The Morgan fingerprint density at radius 1 is 1.48 bits per heavy atom. The van der Waals surface area contributed by atoms with Crippen molar-refractivity contribution in [3.05, 3.63) is 34.9 Å². The summed E-state index contributed by atoms with van der Waals surface area (Å²) < 4.78 is 0. The average Bonchev–Trinajstić information content (AvgIpc) is 2.89. The van der Waals surface area contributed by atoms with Gasteiger partial charge in [0.25, 0.3) is 0 Å². The lowest BCUT2D eigenvalue weighted by molar-refractivity contribution is -0.117. The molecular weight excluding hydrogens is 310 g/mol. The highest BCUT2D eigenvalue weighted by Crippen LogP contribution is 2.31. The zero-order chi connectivity index (χ0) is 16.2. The fraction of sp³-hybridized carbons (Fsp3) is 0.500. The third-order valence-electron chi connectivity index (χ3n) is 3.89. The van der Waals surface area contributed by atoms with Gasteiger partial charge in [-0.25, -0.2) is 4.98 Å². The summed E-state index contributed by atoms with van der Waals surface area (Å²) in [6.07, 6.45) is 8.30. The van der Waals surface area contributed by atoms with E-state index in [-0.39, 0.29) is 5.91 Å². The number of hydrogen-bond donors (Lipinski definition) is 1. The number of likely N-dealkylation sites (N-methyl/N-ethyl adjacent to an activating group) is 1. The Labute approximate surface area is 140 Å². The molecule has 0 fully saturated rings. The van der Waals surface area contributed by atoms with Crippen LogP contribution in [0.2, 0.25) is 0 Å². The van der Waals surface area contributed by atoms with Gasteiger partial charge < -0.3 is 5.32 Å². The van der Waals surface area contributed by atoms with Gasteiger partial charge in [0.1, 0.15) is 0 Å². The van der Waals surface area contributed by atoms with E-state index in [1.54, 1.807) is 29.9 Å². The Morgan fingerprint density at radius 2 is 2.35 bits per heavy atom. The van der Waals surface area contributed by atoms with Crippen molar-refractivity contribution in [2.75, 3.05) is 18.9 Å². The van der Waals surface area contributed by atoms with Gasteiger partial charge in [0, 0.05) is 30.0 Å².